The van der Waals surface area contributed by atoms with E-state index in [2.05, 4.69) is 17.4 Å². The maximum atomic E-state index is 12.1. The summed E-state index contributed by atoms with van der Waals surface area (Å²) in [4.78, 5) is 13.2. The molecule has 0 saturated carbocycles. The zero-order valence-electron chi connectivity index (χ0n) is 12.9. The monoisotopic (exact) mass is 315 g/mol. The number of carbonyl (C=O) groups is 1. The molecule has 0 spiro atoms. The van der Waals surface area contributed by atoms with Gasteiger partial charge < -0.3 is 10.1 Å². The van der Waals surface area contributed by atoms with Crippen molar-refractivity contribution >= 4 is 17.7 Å². The van der Waals surface area contributed by atoms with Crippen LogP contribution in [0.1, 0.15) is 12.5 Å². The Kier molecular flexibility index (Phi) is 6.34. The van der Waals surface area contributed by atoms with E-state index in [-0.39, 0.29) is 11.2 Å². The second-order valence-corrected chi connectivity index (χ2v) is 6.38. The van der Waals surface area contributed by atoms with Crippen LogP contribution < -0.4 is 10.1 Å². The van der Waals surface area contributed by atoms with Gasteiger partial charge in [0.2, 0.25) is 5.91 Å². The summed E-state index contributed by atoms with van der Waals surface area (Å²) in [6.07, 6.45) is 0.854. The first-order valence-corrected chi connectivity index (χ1v) is 8.19. The van der Waals surface area contributed by atoms with Gasteiger partial charge in [0, 0.05) is 11.4 Å². The number of rotatable bonds is 7. The molecule has 2 aromatic rings. The summed E-state index contributed by atoms with van der Waals surface area (Å²) in [5.41, 5.74) is 1.23. The Morgan fingerprint density at radius 3 is 2.45 bits per heavy atom. The highest BCUT2D eigenvalue weighted by Gasteiger charge is 2.13. The molecule has 0 unspecified atom stereocenters. The molecule has 0 heterocycles. The Bertz CT molecular complexity index is 584. The number of hydrogen-bond acceptors (Lipinski definition) is 3. The van der Waals surface area contributed by atoms with Crippen molar-refractivity contribution in [3.8, 4) is 5.75 Å². The van der Waals surface area contributed by atoms with E-state index >= 15 is 0 Å². The first kappa shape index (κ1) is 16.4. The van der Waals surface area contributed by atoms with E-state index in [0.717, 1.165) is 17.1 Å². The number of ether oxygens (including phenoxy) is 1. The summed E-state index contributed by atoms with van der Waals surface area (Å²) in [5.74, 6) is 0.890. The van der Waals surface area contributed by atoms with Gasteiger partial charge in [0.25, 0.3) is 0 Å². The van der Waals surface area contributed by atoms with Gasteiger partial charge in [-0.3, -0.25) is 4.79 Å². The Hall–Kier alpha value is -1.94. The lowest BCUT2D eigenvalue weighted by Gasteiger charge is -2.12. The standard InChI is InChI=1S/C18H21NO2S/c1-14(22-17-10-8-16(21-2)9-11-17)18(20)19-13-12-15-6-4-3-5-7-15/h3-11,14H,12-13H2,1-2H3,(H,19,20)/t14-/m0/s1. The molecule has 2 aromatic carbocycles. The van der Waals surface area contributed by atoms with Crippen LogP contribution in [-0.2, 0) is 11.2 Å². The van der Waals surface area contributed by atoms with Gasteiger partial charge in [0.1, 0.15) is 5.75 Å². The minimum Gasteiger partial charge on any atom is -0.497 e. The molecule has 0 aliphatic heterocycles. The predicted octanol–water partition coefficient (Wildman–Crippen LogP) is 3.53. The summed E-state index contributed by atoms with van der Waals surface area (Å²) in [5, 5.41) is 2.87. The number of amides is 1. The number of nitrogens with one attached hydrogen (secondary N) is 1. The van der Waals surface area contributed by atoms with Crippen LogP contribution in [0.5, 0.6) is 5.75 Å². The topological polar surface area (TPSA) is 38.3 Å². The third-order valence-corrected chi connectivity index (χ3v) is 4.41. The lowest BCUT2D eigenvalue weighted by atomic mass is 10.1. The van der Waals surface area contributed by atoms with E-state index in [0.29, 0.717) is 6.54 Å². The molecule has 0 bridgehead atoms. The predicted molar refractivity (Wildman–Crippen MR) is 91.5 cm³/mol. The minimum absolute atomic E-state index is 0.0664. The molecule has 0 fully saturated rings. The number of hydrogen-bond donors (Lipinski definition) is 1. The molecule has 116 valence electrons. The number of carbonyl (C=O) groups excluding carboxylic acids is 1. The van der Waals surface area contributed by atoms with E-state index in [1.165, 1.54) is 5.56 Å². The van der Waals surface area contributed by atoms with Crippen molar-refractivity contribution in [2.45, 2.75) is 23.5 Å². The molecule has 1 atom stereocenters. The van der Waals surface area contributed by atoms with Gasteiger partial charge in [0.05, 0.1) is 12.4 Å². The zero-order valence-corrected chi connectivity index (χ0v) is 13.7. The van der Waals surface area contributed by atoms with Crippen molar-refractivity contribution in [1.29, 1.82) is 0 Å². The second kappa shape index (κ2) is 8.49. The number of benzene rings is 2. The van der Waals surface area contributed by atoms with Gasteiger partial charge in [-0.05, 0) is 43.2 Å². The molecule has 4 heteroatoms. The van der Waals surface area contributed by atoms with Crippen molar-refractivity contribution in [3.05, 3.63) is 60.2 Å². The lowest BCUT2D eigenvalue weighted by Crippen LogP contribution is -2.32. The molecule has 0 saturated heterocycles. The highest BCUT2D eigenvalue weighted by atomic mass is 32.2. The molecule has 1 amide bonds. The summed E-state index contributed by atoms with van der Waals surface area (Å²) < 4.78 is 5.13. The van der Waals surface area contributed by atoms with E-state index in [9.17, 15) is 4.79 Å². The van der Waals surface area contributed by atoms with Crippen molar-refractivity contribution in [2.75, 3.05) is 13.7 Å². The van der Waals surface area contributed by atoms with Gasteiger partial charge in [-0.1, -0.05) is 30.3 Å². The van der Waals surface area contributed by atoms with Crippen LogP contribution >= 0.6 is 11.8 Å². The van der Waals surface area contributed by atoms with E-state index in [4.69, 9.17) is 4.74 Å². The largest absolute Gasteiger partial charge is 0.497 e. The molecule has 0 aliphatic carbocycles. The average molecular weight is 315 g/mol. The van der Waals surface area contributed by atoms with Crippen LogP contribution in [0, 0.1) is 0 Å². The highest BCUT2D eigenvalue weighted by molar-refractivity contribution is 8.00. The molecule has 1 N–H and O–H groups in total. The number of methoxy groups -OCH3 is 1. The van der Waals surface area contributed by atoms with Crippen LogP contribution in [0.4, 0.5) is 0 Å². The first-order valence-electron chi connectivity index (χ1n) is 7.31. The first-order chi connectivity index (χ1) is 10.7. The Morgan fingerprint density at radius 1 is 1.14 bits per heavy atom. The van der Waals surface area contributed by atoms with Crippen molar-refractivity contribution in [1.82, 2.24) is 5.32 Å². The van der Waals surface area contributed by atoms with E-state index < -0.39 is 0 Å². The lowest BCUT2D eigenvalue weighted by molar-refractivity contribution is -0.120. The highest BCUT2D eigenvalue weighted by Crippen LogP contribution is 2.25. The van der Waals surface area contributed by atoms with Gasteiger partial charge in [-0.25, -0.2) is 0 Å². The van der Waals surface area contributed by atoms with Crippen LogP contribution in [0.25, 0.3) is 0 Å². The fourth-order valence-electron chi connectivity index (χ4n) is 2.03. The van der Waals surface area contributed by atoms with Crippen LogP contribution in [-0.4, -0.2) is 24.8 Å². The van der Waals surface area contributed by atoms with Gasteiger partial charge in [-0.2, -0.15) is 0 Å². The van der Waals surface area contributed by atoms with Crippen LogP contribution in [0.3, 0.4) is 0 Å². The van der Waals surface area contributed by atoms with Gasteiger partial charge in [-0.15, -0.1) is 11.8 Å². The van der Waals surface area contributed by atoms with E-state index in [1.54, 1.807) is 18.9 Å². The van der Waals surface area contributed by atoms with E-state index in [1.807, 2.05) is 49.4 Å². The maximum Gasteiger partial charge on any atom is 0.233 e. The molecular formula is C18H21NO2S. The van der Waals surface area contributed by atoms with Gasteiger partial charge >= 0.3 is 0 Å². The molecule has 0 radical (unpaired) electrons. The zero-order chi connectivity index (χ0) is 15.8. The third kappa shape index (κ3) is 5.11. The Labute approximate surface area is 136 Å². The summed E-state index contributed by atoms with van der Waals surface area (Å²) in [7, 11) is 1.64. The van der Waals surface area contributed by atoms with Crippen molar-refractivity contribution < 1.29 is 9.53 Å². The summed E-state index contributed by atoms with van der Waals surface area (Å²) >= 11 is 1.55. The van der Waals surface area contributed by atoms with Crippen LogP contribution in [0.15, 0.2) is 59.5 Å². The third-order valence-electron chi connectivity index (χ3n) is 3.30. The maximum absolute atomic E-state index is 12.1. The second-order valence-electron chi connectivity index (χ2n) is 4.96. The fraction of sp³-hybridized carbons (Fsp3) is 0.278. The molecule has 3 nitrogen and oxygen atoms in total. The quantitative estimate of drug-likeness (QED) is 0.794. The average Bonchev–Trinajstić information content (AvgIpc) is 2.56. The molecule has 0 aromatic heterocycles. The molecular weight excluding hydrogens is 294 g/mol. The molecule has 22 heavy (non-hydrogen) atoms. The normalized spacial score (nSPS) is 11.7. The summed E-state index contributed by atoms with van der Waals surface area (Å²) in [6, 6.07) is 17.9. The van der Waals surface area contributed by atoms with Crippen LogP contribution in [0.2, 0.25) is 0 Å². The number of thioether (sulfide) groups is 1. The Balaban J connectivity index is 1.76. The SMILES string of the molecule is COc1ccc(S[C@@H](C)C(=O)NCCc2ccccc2)cc1. The van der Waals surface area contributed by atoms with Crippen molar-refractivity contribution in [3.63, 3.8) is 0 Å². The molecule has 2 rings (SSSR count). The smallest absolute Gasteiger partial charge is 0.233 e. The van der Waals surface area contributed by atoms with Crippen molar-refractivity contribution in [2.24, 2.45) is 0 Å². The fourth-order valence-corrected chi connectivity index (χ4v) is 2.92. The minimum atomic E-state index is -0.121. The Morgan fingerprint density at radius 2 is 1.82 bits per heavy atom. The van der Waals surface area contributed by atoms with Gasteiger partial charge in [0.15, 0.2) is 0 Å². The molecule has 0 aliphatic rings. The summed E-state index contributed by atoms with van der Waals surface area (Å²) in [6.45, 7) is 2.59.